The largest absolute Gasteiger partial charge is 0.382 e. The number of anilines is 1. The van der Waals surface area contributed by atoms with Gasteiger partial charge in [-0.3, -0.25) is 4.68 Å². The monoisotopic (exact) mass is 255 g/mol. The normalized spacial score (nSPS) is 11.3. The molecule has 0 saturated heterocycles. The first-order valence-electron chi connectivity index (χ1n) is 6.34. The highest BCUT2D eigenvalue weighted by atomic mass is 15.3. The van der Waals surface area contributed by atoms with Gasteiger partial charge in [0.1, 0.15) is 5.82 Å². The summed E-state index contributed by atoms with van der Waals surface area (Å²) in [4.78, 5) is 4.45. The molecule has 1 aromatic carbocycles. The molecule has 0 fully saturated rings. The lowest BCUT2D eigenvalue weighted by atomic mass is 10.1. The summed E-state index contributed by atoms with van der Waals surface area (Å²) < 4.78 is 4.00. The van der Waals surface area contributed by atoms with E-state index in [1.54, 1.807) is 6.07 Å². The number of benzene rings is 1. The highest BCUT2D eigenvalue weighted by Gasteiger charge is 2.05. The second-order valence-corrected chi connectivity index (χ2v) is 4.87. The molecule has 0 aliphatic heterocycles. The van der Waals surface area contributed by atoms with Gasteiger partial charge in [-0.1, -0.05) is 0 Å². The van der Waals surface area contributed by atoms with Crippen molar-refractivity contribution >= 4 is 16.9 Å². The molecule has 5 nitrogen and oxygen atoms in total. The zero-order valence-electron chi connectivity index (χ0n) is 11.2. The van der Waals surface area contributed by atoms with Gasteiger partial charge in [0.15, 0.2) is 0 Å². The van der Waals surface area contributed by atoms with E-state index in [9.17, 15) is 0 Å². The van der Waals surface area contributed by atoms with Crippen molar-refractivity contribution in [2.75, 3.05) is 5.73 Å². The van der Waals surface area contributed by atoms with Crippen molar-refractivity contribution in [3.63, 3.8) is 0 Å². The molecule has 0 amide bonds. The quantitative estimate of drug-likeness (QED) is 0.780. The fourth-order valence-corrected chi connectivity index (χ4v) is 2.20. The summed E-state index contributed by atoms with van der Waals surface area (Å²) in [5.74, 6) is 0.557. The van der Waals surface area contributed by atoms with Crippen LogP contribution in [0.25, 0.3) is 11.0 Å². The molecule has 19 heavy (non-hydrogen) atoms. The summed E-state index contributed by atoms with van der Waals surface area (Å²) in [5.41, 5.74) is 10.4. The highest BCUT2D eigenvalue weighted by molar-refractivity contribution is 5.77. The number of nitrogen functional groups attached to an aromatic ring is 1. The van der Waals surface area contributed by atoms with Crippen molar-refractivity contribution in [1.29, 1.82) is 0 Å². The van der Waals surface area contributed by atoms with Crippen LogP contribution < -0.4 is 5.73 Å². The van der Waals surface area contributed by atoms with Crippen LogP contribution in [0.1, 0.15) is 11.1 Å². The van der Waals surface area contributed by atoms with Crippen molar-refractivity contribution in [1.82, 2.24) is 19.3 Å². The van der Waals surface area contributed by atoms with E-state index in [0.717, 1.165) is 18.6 Å². The van der Waals surface area contributed by atoms with Gasteiger partial charge in [-0.25, -0.2) is 4.98 Å². The van der Waals surface area contributed by atoms with Gasteiger partial charge >= 0.3 is 0 Å². The summed E-state index contributed by atoms with van der Waals surface area (Å²) in [7, 11) is 0. The predicted molar refractivity (Wildman–Crippen MR) is 75.8 cm³/mol. The molecule has 0 unspecified atom stereocenters. The van der Waals surface area contributed by atoms with E-state index in [-0.39, 0.29) is 0 Å². The van der Waals surface area contributed by atoms with Crippen LogP contribution in [0.5, 0.6) is 0 Å². The fraction of sp³-hybridized carbons (Fsp3) is 0.286. The Hall–Kier alpha value is -2.30. The van der Waals surface area contributed by atoms with Gasteiger partial charge in [0.25, 0.3) is 0 Å². The Labute approximate surface area is 111 Å². The molecular weight excluding hydrogens is 238 g/mol. The van der Waals surface area contributed by atoms with Crippen LogP contribution in [0.15, 0.2) is 30.7 Å². The Kier molecular flexibility index (Phi) is 2.74. The van der Waals surface area contributed by atoms with Crippen LogP contribution in [-0.4, -0.2) is 19.3 Å². The third kappa shape index (κ3) is 2.19. The number of fused-ring (bicyclic) bond motifs is 1. The average Bonchev–Trinajstić information content (AvgIpc) is 2.95. The van der Waals surface area contributed by atoms with E-state index in [2.05, 4.69) is 40.6 Å². The van der Waals surface area contributed by atoms with E-state index in [1.807, 2.05) is 17.2 Å². The summed E-state index contributed by atoms with van der Waals surface area (Å²) in [5, 5.41) is 4.18. The first-order valence-corrected chi connectivity index (χ1v) is 6.34. The minimum atomic E-state index is 0.557. The molecule has 2 heterocycles. The van der Waals surface area contributed by atoms with Crippen LogP contribution in [0, 0.1) is 13.8 Å². The Balaban J connectivity index is 1.87. The number of aromatic nitrogens is 4. The first-order chi connectivity index (χ1) is 9.13. The van der Waals surface area contributed by atoms with Gasteiger partial charge in [-0.15, -0.1) is 0 Å². The maximum atomic E-state index is 5.60. The third-order valence-electron chi connectivity index (χ3n) is 3.47. The van der Waals surface area contributed by atoms with Gasteiger partial charge < -0.3 is 10.3 Å². The first kappa shape index (κ1) is 11.8. The number of imidazole rings is 1. The predicted octanol–water partition coefficient (Wildman–Crippen LogP) is 2.13. The number of nitrogens with two attached hydrogens (primary N) is 1. The Morgan fingerprint density at radius 3 is 2.68 bits per heavy atom. The van der Waals surface area contributed by atoms with Crippen LogP contribution in [0.3, 0.4) is 0 Å². The Bertz CT molecular complexity index is 723. The zero-order chi connectivity index (χ0) is 13.4. The molecule has 2 aromatic heterocycles. The molecule has 0 radical (unpaired) electrons. The SMILES string of the molecule is Cc1cc2ncn(CCn3ccc(N)n3)c2cc1C. The topological polar surface area (TPSA) is 61.7 Å². The summed E-state index contributed by atoms with van der Waals surface area (Å²) in [6.07, 6.45) is 3.78. The molecule has 2 N–H and O–H groups in total. The zero-order valence-corrected chi connectivity index (χ0v) is 11.2. The molecular formula is C14H17N5. The number of aryl methyl sites for hydroxylation is 4. The molecule has 0 spiro atoms. The minimum absolute atomic E-state index is 0.557. The molecule has 0 aliphatic rings. The fourth-order valence-electron chi connectivity index (χ4n) is 2.20. The van der Waals surface area contributed by atoms with Gasteiger partial charge in [-0.2, -0.15) is 5.10 Å². The van der Waals surface area contributed by atoms with Crippen molar-refractivity contribution < 1.29 is 0 Å². The van der Waals surface area contributed by atoms with Gasteiger partial charge in [0.2, 0.25) is 0 Å². The molecule has 5 heteroatoms. The van der Waals surface area contributed by atoms with Gasteiger partial charge in [0, 0.05) is 12.7 Å². The smallest absolute Gasteiger partial charge is 0.145 e. The third-order valence-corrected chi connectivity index (χ3v) is 3.47. The van der Waals surface area contributed by atoms with Gasteiger partial charge in [-0.05, 0) is 43.2 Å². The van der Waals surface area contributed by atoms with Crippen LogP contribution in [-0.2, 0) is 13.1 Å². The molecule has 0 aliphatic carbocycles. The van der Waals surface area contributed by atoms with Crippen LogP contribution in [0.4, 0.5) is 5.82 Å². The maximum Gasteiger partial charge on any atom is 0.145 e. The highest BCUT2D eigenvalue weighted by Crippen LogP contribution is 2.18. The maximum absolute atomic E-state index is 5.60. The molecule has 0 atom stereocenters. The second kappa shape index (κ2) is 4.42. The molecule has 0 saturated carbocycles. The van der Waals surface area contributed by atoms with Crippen molar-refractivity contribution in [3.8, 4) is 0 Å². The standard InChI is InChI=1S/C14H17N5/c1-10-7-12-13(8-11(10)2)18(9-16-12)5-6-19-4-3-14(15)17-19/h3-4,7-9H,5-6H2,1-2H3,(H2,15,17). The van der Waals surface area contributed by atoms with Crippen LogP contribution in [0.2, 0.25) is 0 Å². The van der Waals surface area contributed by atoms with Crippen molar-refractivity contribution in [2.45, 2.75) is 26.9 Å². The van der Waals surface area contributed by atoms with Crippen molar-refractivity contribution in [3.05, 3.63) is 41.9 Å². The summed E-state index contributed by atoms with van der Waals surface area (Å²) in [6, 6.07) is 6.13. The van der Waals surface area contributed by atoms with Crippen molar-refractivity contribution in [2.24, 2.45) is 0 Å². The lowest BCUT2D eigenvalue weighted by Crippen LogP contribution is -2.07. The number of hydrogen-bond acceptors (Lipinski definition) is 3. The number of rotatable bonds is 3. The molecule has 98 valence electrons. The van der Waals surface area contributed by atoms with E-state index in [1.165, 1.54) is 16.6 Å². The molecule has 0 bridgehead atoms. The van der Waals surface area contributed by atoms with E-state index in [4.69, 9.17) is 5.73 Å². The summed E-state index contributed by atoms with van der Waals surface area (Å²) >= 11 is 0. The average molecular weight is 255 g/mol. The molecule has 3 rings (SSSR count). The van der Waals surface area contributed by atoms with Crippen LogP contribution >= 0.6 is 0 Å². The number of nitrogens with zero attached hydrogens (tertiary/aromatic N) is 4. The summed E-state index contributed by atoms with van der Waals surface area (Å²) in [6.45, 7) is 5.86. The van der Waals surface area contributed by atoms with E-state index >= 15 is 0 Å². The van der Waals surface area contributed by atoms with Gasteiger partial charge in [0.05, 0.1) is 23.9 Å². The molecule has 3 aromatic rings. The second-order valence-electron chi connectivity index (χ2n) is 4.87. The van der Waals surface area contributed by atoms with E-state index in [0.29, 0.717) is 5.82 Å². The lowest BCUT2D eigenvalue weighted by molar-refractivity contribution is 0.542. The number of hydrogen-bond donors (Lipinski definition) is 1. The Morgan fingerprint density at radius 2 is 1.95 bits per heavy atom. The minimum Gasteiger partial charge on any atom is -0.382 e. The van der Waals surface area contributed by atoms with E-state index < -0.39 is 0 Å². The lowest BCUT2D eigenvalue weighted by Gasteiger charge is -2.06. The Morgan fingerprint density at radius 1 is 1.16 bits per heavy atom.